The molecule has 0 saturated heterocycles. The van der Waals surface area contributed by atoms with Crippen LogP contribution in [-0.2, 0) is 10.0 Å². The number of anilines is 1. The molecule has 2 rings (SSSR count). The zero-order valence-electron chi connectivity index (χ0n) is 13.4. The van der Waals surface area contributed by atoms with Gasteiger partial charge >= 0.3 is 0 Å². The molecule has 24 heavy (non-hydrogen) atoms. The predicted molar refractivity (Wildman–Crippen MR) is 88.1 cm³/mol. The molecule has 0 heterocycles. The van der Waals surface area contributed by atoms with Gasteiger partial charge in [-0.05, 0) is 12.1 Å². The van der Waals surface area contributed by atoms with Crippen molar-refractivity contribution in [1.29, 1.82) is 5.26 Å². The zero-order valence-corrected chi connectivity index (χ0v) is 14.2. The Morgan fingerprint density at radius 1 is 1.00 bits per heavy atom. The molecule has 0 aliphatic rings. The first-order valence-electron chi connectivity index (χ1n) is 6.78. The fraction of sp³-hybridized carbons (Fsp3) is 0.188. The number of hydrogen-bond acceptors (Lipinski definition) is 6. The number of methoxy groups -OCH3 is 3. The van der Waals surface area contributed by atoms with Crippen LogP contribution in [0.5, 0.6) is 17.2 Å². The van der Waals surface area contributed by atoms with Crippen LogP contribution in [0, 0.1) is 11.3 Å². The van der Waals surface area contributed by atoms with Crippen LogP contribution in [0.2, 0.25) is 0 Å². The highest BCUT2D eigenvalue weighted by Crippen LogP contribution is 2.40. The summed E-state index contributed by atoms with van der Waals surface area (Å²) in [6.07, 6.45) is 0. The van der Waals surface area contributed by atoms with Gasteiger partial charge in [-0.3, -0.25) is 4.72 Å². The molecule has 0 aromatic heterocycles. The summed E-state index contributed by atoms with van der Waals surface area (Å²) in [7, 11) is 0.364. The lowest BCUT2D eigenvalue weighted by Crippen LogP contribution is -2.14. The molecule has 126 valence electrons. The molecule has 2 aromatic carbocycles. The molecule has 1 N–H and O–H groups in total. The lowest BCUT2D eigenvalue weighted by molar-refractivity contribution is 0.325. The summed E-state index contributed by atoms with van der Waals surface area (Å²) in [5, 5.41) is 9.08. The molecule has 0 aliphatic heterocycles. The Hall–Kier alpha value is -2.92. The van der Waals surface area contributed by atoms with Crippen molar-refractivity contribution in [2.75, 3.05) is 26.1 Å². The molecule has 0 amide bonds. The van der Waals surface area contributed by atoms with E-state index in [0.29, 0.717) is 17.2 Å². The van der Waals surface area contributed by atoms with Crippen LogP contribution in [0.1, 0.15) is 5.56 Å². The molecule has 0 unspecified atom stereocenters. The monoisotopic (exact) mass is 348 g/mol. The first kappa shape index (κ1) is 17.4. The van der Waals surface area contributed by atoms with E-state index in [1.807, 2.05) is 6.07 Å². The standard InChI is InChI=1S/C16H16N2O5S/c1-21-13-8-12(9-14(22-2)16(13)23-3)18-24(19,20)15-7-5-4-6-11(15)10-17/h4-9,18H,1-3H3. The molecule has 8 heteroatoms. The third-order valence-corrected chi connectivity index (χ3v) is 4.65. The summed E-state index contributed by atoms with van der Waals surface area (Å²) in [6.45, 7) is 0. The van der Waals surface area contributed by atoms with Gasteiger partial charge in [0.25, 0.3) is 10.0 Å². The summed E-state index contributed by atoms with van der Waals surface area (Å²) >= 11 is 0. The lowest BCUT2D eigenvalue weighted by Gasteiger charge is -2.15. The quantitative estimate of drug-likeness (QED) is 0.861. The Morgan fingerprint density at radius 3 is 2.08 bits per heavy atom. The van der Waals surface area contributed by atoms with Crippen molar-refractivity contribution >= 4 is 15.7 Å². The first-order valence-corrected chi connectivity index (χ1v) is 8.27. The first-order chi connectivity index (χ1) is 11.5. The van der Waals surface area contributed by atoms with Crippen molar-refractivity contribution in [3.63, 3.8) is 0 Å². The third kappa shape index (κ3) is 3.36. The maximum atomic E-state index is 12.6. The SMILES string of the molecule is COc1cc(NS(=O)(=O)c2ccccc2C#N)cc(OC)c1OC. The smallest absolute Gasteiger partial charge is 0.263 e. The molecule has 7 nitrogen and oxygen atoms in total. The highest BCUT2D eigenvalue weighted by atomic mass is 32.2. The van der Waals surface area contributed by atoms with Crippen LogP contribution < -0.4 is 18.9 Å². The molecule has 0 bridgehead atoms. The highest BCUT2D eigenvalue weighted by molar-refractivity contribution is 7.92. The van der Waals surface area contributed by atoms with E-state index < -0.39 is 10.0 Å². The molecular weight excluding hydrogens is 332 g/mol. The fourth-order valence-corrected chi connectivity index (χ4v) is 3.34. The van der Waals surface area contributed by atoms with E-state index in [1.165, 1.54) is 45.6 Å². The number of nitrogens with one attached hydrogen (secondary N) is 1. The van der Waals surface area contributed by atoms with Gasteiger partial charge < -0.3 is 14.2 Å². The van der Waals surface area contributed by atoms with Crippen LogP contribution in [-0.4, -0.2) is 29.7 Å². The second-order valence-corrected chi connectivity index (χ2v) is 6.28. The van der Waals surface area contributed by atoms with Crippen LogP contribution in [0.4, 0.5) is 5.69 Å². The van der Waals surface area contributed by atoms with Gasteiger partial charge in [0, 0.05) is 12.1 Å². The van der Waals surface area contributed by atoms with Gasteiger partial charge in [0.15, 0.2) is 11.5 Å². The third-order valence-electron chi connectivity index (χ3n) is 3.21. The van der Waals surface area contributed by atoms with Crippen molar-refractivity contribution in [3.8, 4) is 23.3 Å². The number of nitrogens with zero attached hydrogens (tertiary/aromatic N) is 1. The molecule has 0 spiro atoms. The van der Waals surface area contributed by atoms with Gasteiger partial charge in [-0.25, -0.2) is 8.42 Å². The second-order valence-electron chi connectivity index (χ2n) is 4.63. The fourth-order valence-electron chi connectivity index (χ4n) is 2.14. The van der Waals surface area contributed by atoms with Crippen LogP contribution in [0.15, 0.2) is 41.3 Å². The molecule has 0 fully saturated rings. The van der Waals surface area contributed by atoms with Gasteiger partial charge in [-0.15, -0.1) is 0 Å². The number of nitriles is 1. The van der Waals surface area contributed by atoms with Gasteiger partial charge in [-0.1, -0.05) is 12.1 Å². The van der Waals surface area contributed by atoms with E-state index in [-0.39, 0.29) is 16.1 Å². The van der Waals surface area contributed by atoms with Crippen molar-refractivity contribution in [1.82, 2.24) is 0 Å². The van der Waals surface area contributed by atoms with Crippen molar-refractivity contribution in [2.24, 2.45) is 0 Å². The Kier molecular flexibility index (Phi) is 5.16. The largest absolute Gasteiger partial charge is 0.493 e. The van der Waals surface area contributed by atoms with Crippen molar-refractivity contribution in [2.45, 2.75) is 4.90 Å². The Labute approximate surface area is 140 Å². The minimum absolute atomic E-state index is 0.0532. The molecular formula is C16H16N2O5S. The highest BCUT2D eigenvalue weighted by Gasteiger charge is 2.21. The van der Waals surface area contributed by atoms with Crippen molar-refractivity contribution in [3.05, 3.63) is 42.0 Å². The predicted octanol–water partition coefficient (Wildman–Crippen LogP) is 2.38. The number of benzene rings is 2. The molecule has 0 aliphatic carbocycles. The summed E-state index contributed by atoms with van der Waals surface area (Å²) in [4.78, 5) is -0.110. The van der Waals surface area contributed by atoms with E-state index in [4.69, 9.17) is 19.5 Å². The number of hydrogen-bond donors (Lipinski definition) is 1. The average Bonchev–Trinajstić information content (AvgIpc) is 2.60. The Balaban J connectivity index is 2.49. The minimum Gasteiger partial charge on any atom is -0.493 e. The zero-order chi connectivity index (χ0) is 17.7. The second kappa shape index (κ2) is 7.10. The average molecular weight is 348 g/mol. The number of ether oxygens (including phenoxy) is 3. The summed E-state index contributed by atoms with van der Waals surface area (Å²) in [6, 6.07) is 10.7. The summed E-state index contributed by atoms with van der Waals surface area (Å²) in [5.41, 5.74) is 0.273. The van der Waals surface area contributed by atoms with Gasteiger partial charge in [-0.2, -0.15) is 5.26 Å². The van der Waals surface area contributed by atoms with E-state index in [9.17, 15) is 8.42 Å². The normalized spacial score (nSPS) is 10.6. The van der Waals surface area contributed by atoms with E-state index >= 15 is 0 Å². The molecule has 0 atom stereocenters. The maximum absolute atomic E-state index is 12.6. The summed E-state index contributed by atoms with van der Waals surface area (Å²) in [5.74, 6) is 0.964. The Morgan fingerprint density at radius 2 is 1.58 bits per heavy atom. The van der Waals surface area contributed by atoms with Gasteiger partial charge in [0.1, 0.15) is 11.0 Å². The molecule has 0 saturated carbocycles. The van der Waals surface area contributed by atoms with Crippen LogP contribution >= 0.6 is 0 Å². The van der Waals surface area contributed by atoms with Crippen LogP contribution in [0.3, 0.4) is 0 Å². The van der Waals surface area contributed by atoms with E-state index in [1.54, 1.807) is 12.1 Å². The van der Waals surface area contributed by atoms with Gasteiger partial charge in [0.2, 0.25) is 5.75 Å². The Bertz CT molecular complexity index is 863. The number of rotatable bonds is 6. The van der Waals surface area contributed by atoms with Gasteiger partial charge in [0.05, 0.1) is 32.6 Å². The lowest BCUT2D eigenvalue weighted by atomic mass is 10.2. The number of sulfonamides is 1. The van der Waals surface area contributed by atoms with E-state index in [0.717, 1.165) is 0 Å². The topological polar surface area (TPSA) is 97.7 Å². The van der Waals surface area contributed by atoms with Crippen molar-refractivity contribution < 1.29 is 22.6 Å². The molecule has 2 aromatic rings. The van der Waals surface area contributed by atoms with E-state index in [2.05, 4.69) is 4.72 Å². The van der Waals surface area contributed by atoms with Crippen LogP contribution in [0.25, 0.3) is 0 Å². The summed E-state index contributed by atoms with van der Waals surface area (Å²) < 4.78 is 43.1. The minimum atomic E-state index is -3.95. The molecule has 0 radical (unpaired) electrons. The maximum Gasteiger partial charge on any atom is 0.263 e.